The molecule has 1 aliphatic heterocycles. The van der Waals surface area contributed by atoms with E-state index in [1.807, 2.05) is 0 Å². The van der Waals surface area contributed by atoms with Gasteiger partial charge in [-0.2, -0.15) is 0 Å². The lowest BCUT2D eigenvalue weighted by molar-refractivity contribution is -0.141. The fourth-order valence-corrected chi connectivity index (χ4v) is 6.93. The number of nitrogens with zero attached hydrogens (tertiary/aromatic N) is 1. The van der Waals surface area contributed by atoms with Crippen molar-refractivity contribution >= 4 is 5.91 Å². The summed E-state index contributed by atoms with van der Waals surface area (Å²) in [7, 11) is 0. The van der Waals surface area contributed by atoms with Crippen LogP contribution in [0.4, 0.5) is 0 Å². The smallest absolute Gasteiger partial charge is 0.223 e. The average Bonchev–Trinajstić information content (AvgIpc) is 2.44. The Morgan fingerprint density at radius 3 is 1.87 bits per heavy atom. The number of carbonyl (C=O) groups excluding carboxylic acids is 1. The molecule has 0 N–H and O–H groups in total. The normalized spacial score (nSPS) is 40.7. The molecule has 4 saturated carbocycles. The minimum absolute atomic E-state index is 0.398. The highest BCUT2D eigenvalue weighted by molar-refractivity contribution is 5.77. The number of piperidine rings is 1. The Labute approximate surface area is 142 Å². The first-order valence-electron chi connectivity index (χ1n) is 10.1. The zero-order chi connectivity index (χ0) is 16.2. The minimum atomic E-state index is 0.398. The summed E-state index contributed by atoms with van der Waals surface area (Å²) >= 11 is 0. The molecule has 0 aromatic carbocycles. The highest BCUT2D eigenvalue weighted by Gasteiger charge is 2.51. The molecule has 0 aromatic rings. The highest BCUT2D eigenvalue weighted by Crippen LogP contribution is 2.61. The van der Waals surface area contributed by atoms with Gasteiger partial charge in [-0.3, -0.25) is 4.79 Å². The Morgan fingerprint density at radius 2 is 1.43 bits per heavy atom. The lowest BCUT2D eigenvalue weighted by atomic mass is 9.49. The third-order valence-electron chi connectivity index (χ3n) is 7.76. The van der Waals surface area contributed by atoms with Crippen molar-refractivity contribution in [2.24, 2.45) is 34.5 Å². The molecule has 5 fully saturated rings. The maximum Gasteiger partial charge on any atom is 0.223 e. The third kappa shape index (κ3) is 3.07. The molecule has 1 amide bonds. The van der Waals surface area contributed by atoms with Crippen LogP contribution in [0.15, 0.2) is 0 Å². The van der Waals surface area contributed by atoms with Crippen molar-refractivity contribution in [3.05, 3.63) is 0 Å². The van der Waals surface area contributed by atoms with E-state index in [9.17, 15) is 4.79 Å². The molecular weight excluding hydrogens is 282 g/mol. The van der Waals surface area contributed by atoms with E-state index in [4.69, 9.17) is 0 Å². The molecule has 0 spiro atoms. The van der Waals surface area contributed by atoms with Crippen LogP contribution in [-0.4, -0.2) is 23.9 Å². The number of likely N-dealkylation sites (tertiary alicyclic amines) is 1. The van der Waals surface area contributed by atoms with Crippen LogP contribution in [0.3, 0.4) is 0 Å². The minimum Gasteiger partial charge on any atom is -0.343 e. The van der Waals surface area contributed by atoms with Crippen LogP contribution < -0.4 is 0 Å². The number of rotatable bonds is 2. The topological polar surface area (TPSA) is 20.3 Å². The van der Waals surface area contributed by atoms with Crippen molar-refractivity contribution in [2.45, 2.75) is 78.6 Å². The van der Waals surface area contributed by atoms with Gasteiger partial charge < -0.3 is 4.90 Å². The van der Waals surface area contributed by atoms with Gasteiger partial charge in [0.15, 0.2) is 0 Å². The van der Waals surface area contributed by atoms with Gasteiger partial charge in [0.05, 0.1) is 0 Å². The van der Waals surface area contributed by atoms with Crippen molar-refractivity contribution in [3.63, 3.8) is 0 Å². The van der Waals surface area contributed by atoms with E-state index in [2.05, 4.69) is 25.7 Å². The molecule has 2 nitrogen and oxygen atoms in total. The van der Waals surface area contributed by atoms with E-state index in [-0.39, 0.29) is 0 Å². The number of hydrogen-bond donors (Lipinski definition) is 0. The fraction of sp³-hybridized carbons (Fsp3) is 0.952. The van der Waals surface area contributed by atoms with Crippen molar-refractivity contribution < 1.29 is 4.79 Å². The Kier molecular flexibility index (Phi) is 3.81. The molecule has 0 atom stereocenters. The predicted molar refractivity (Wildman–Crippen MR) is 94.0 cm³/mol. The van der Waals surface area contributed by atoms with Gasteiger partial charge in [-0.05, 0) is 85.9 Å². The van der Waals surface area contributed by atoms with Gasteiger partial charge in [-0.15, -0.1) is 0 Å². The second-order valence-electron chi connectivity index (χ2n) is 10.6. The van der Waals surface area contributed by atoms with E-state index in [0.29, 0.717) is 16.7 Å². The summed E-state index contributed by atoms with van der Waals surface area (Å²) in [5.41, 5.74) is 0.807. The standard InChI is InChI=1S/C21H35NO/c1-20(2,3)18-4-6-22(7-5-18)19(23)14-21-11-15-8-16(12-21)10-17(9-15)13-21/h15-18H,4-14H2,1-3H3. The average molecular weight is 318 g/mol. The first-order chi connectivity index (χ1) is 10.8. The van der Waals surface area contributed by atoms with Gasteiger partial charge in [0.2, 0.25) is 5.91 Å². The summed E-state index contributed by atoms with van der Waals surface area (Å²) < 4.78 is 0. The van der Waals surface area contributed by atoms with Crippen LogP contribution in [0, 0.1) is 34.5 Å². The van der Waals surface area contributed by atoms with Crippen LogP contribution in [0.1, 0.15) is 78.6 Å². The molecule has 130 valence electrons. The van der Waals surface area contributed by atoms with Crippen molar-refractivity contribution in [1.29, 1.82) is 0 Å². The first-order valence-corrected chi connectivity index (χ1v) is 10.1. The molecule has 0 unspecified atom stereocenters. The molecule has 4 aliphatic carbocycles. The zero-order valence-electron chi connectivity index (χ0n) is 15.4. The number of hydrogen-bond acceptors (Lipinski definition) is 1. The summed E-state index contributed by atoms with van der Waals surface area (Å²) in [6.07, 6.45) is 11.8. The molecule has 5 rings (SSSR count). The van der Waals surface area contributed by atoms with Crippen LogP contribution in [0.25, 0.3) is 0 Å². The van der Waals surface area contributed by atoms with Gasteiger partial charge in [0.25, 0.3) is 0 Å². The number of amides is 1. The maximum atomic E-state index is 13.0. The molecule has 1 saturated heterocycles. The van der Waals surface area contributed by atoms with Crippen molar-refractivity contribution in [3.8, 4) is 0 Å². The molecular formula is C21H35NO. The summed E-state index contributed by atoms with van der Waals surface area (Å²) in [6.45, 7) is 9.07. The monoisotopic (exact) mass is 317 g/mol. The second kappa shape index (κ2) is 5.49. The zero-order valence-corrected chi connectivity index (χ0v) is 15.4. The van der Waals surface area contributed by atoms with E-state index in [1.165, 1.54) is 51.4 Å². The molecule has 4 bridgehead atoms. The van der Waals surface area contributed by atoms with Crippen LogP contribution in [0.2, 0.25) is 0 Å². The Hall–Kier alpha value is -0.530. The number of carbonyl (C=O) groups is 1. The Bertz CT molecular complexity index is 431. The summed E-state index contributed by atoms with van der Waals surface area (Å²) in [5, 5.41) is 0. The highest BCUT2D eigenvalue weighted by atomic mass is 16.2. The summed E-state index contributed by atoms with van der Waals surface area (Å²) in [6, 6.07) is 0. The lowest BCUT2D eigenvalue weighted by Gasteiger charge is -2.57. The third-order valence-corrected chi connectivity index (χ3v) is 7.76. The Morgan fingerprint density at radius 1 is 0.957 bits per heavy atom. The quantitative estimate of drug-likeness (QED) is 0.711. The van der Waals surface area contributed by atoms with E-state index in [0.717, 1.165) is 43.2 Å². The molecule has 1 heterocycles. The fourth-order valence-electron chi connectivity index (χ4n) is 6.93. The molecule has 0 aromatic heterocycles. The molecule has 23 heavy (non-hydrogen) atoms. The second-order valence-corrected chi connectivity index (χ2v) is 10.6. The summed E-state index contributed by atoms with van der Waals surface area (Å²) in [5.74, 6) is 4.15. The molecule has 2 heteroatoms. The van der Waals surface area contributed by atoms with Gasteiger partial charge >= 0.3 is 0 Å². The van der Waals surface area contributed by atoms with Gasteiger partial charge in [0.1, 0.15) is 0 Å². The van der Waals surface area contributed by atoms with Crippen molar-refractivity contribution in [1.82, 2.24) is 4.90 Å². The van der Waals surface area contributed by atoms with E-state index < -0.39 is 0 Å². The van der Waals surface area contributed by atoms with E-state index in [1.54, 1.807) is 0 Å². The van der Waals surface area contributed by atoms with Gasteiger partial charge in [-0.1, -0.05) is 20.8 Å². The maximum absolute atomic E-state index is 13.0. The molecule has 0 radical (unpaired) electrons. The largest absolute Gasteiger partial charge is 0.343 e. The predicted octanol–water partition coefficient (Wildman–Crippen LogP) is 4.88. The van der Waals surface area contributed by atoms with E-state index >= 15 is 0 Å². The summed E-state index contributed by atoms with van der Waals surface area (Å²) in [4.78, 5) is 15.2. The first kappa shape index (κ1) is 16.0. The van der Waals surface area contributed by atoms with Gasteiger partial charge in [-0.25, -0.2) is 0 Å². The molecule has 5 aliphatic rings. The van der Waals surface area contributed by atoms with Crippen LogP contribution >= 0.6 is 0 Å². The van der Waals surface area contributed by atoms with Crippen molar-refractivity contribution in [2.75, 3.05) is 13.1 Å². The van der Waals surface area contributed by atoms with Crippen LogP contribution in [0.5, 0.6) is 0 Å². The SMILES string of the molecule is CC(C)(C)C1CCN(C(=O)CC23CC4CC(CC(C4)C2)C3)CC1. The van der Waals surface area contributed by atoms with Gasteiger partial charge in [0, 0.05) is 19.5 Å². The van der Waals surface area contributed by atoms with Crippen LogP contribution in [-0.2, 0) is 4.79 Å². The lowest BCUT2D eigenvalue weighted by Crippen LogP contribution is -2.49. The Balaban J connectivity index is 1.36.